The van der Waals surface area contributed by atoms with Crippen molar-refractivity contribution in [3.05, 3.63) is 97.1 Å². The molecule has 0 saturated carbocycles. The first kappa shape index (κ1) is 21.7. The molecule has 0 aliphatic heterocycles. The molecular weight excluding hydrogens is 452 g/mol. The number of rotatable bonds is 5. The van der Waals surface area contributed by atoms with Crippen molar-refractivity contribution in [2.45, 2.75) is 12.8 Å². The third-order valence-corrected chi connectivity index (χ3v) is 6.02. The van der Waals surface area contributed by atoms with Gasteiger partial charge in [0.25, 0.3) is 0 Å². The molecule has 6 heteroatoms. The first-order valence-electron chi connectivity index (χ1n) is 11.6. The Morgan fingerprint density at radius 3 is 1.42 bits per heavy atom. The van der Waals surface area contributed by atoms with E-state index in [0.717, 1.165) is 43.6 Å². The molecule has 0 N–H and O–H groups in total. The Bertz CT molecular complexity index is 1660. The second-order valence-electron chi connectivity index (χ2n) is 8.46. The highest BCUT2D eigenvalue weighted by atomic mass is 16.5. The summed E-state index contributed by atoms with van der Waals surface area (Å²) in [6, 6.07) is 30.2. The highest BCUT2D eigenvalue weighted by Gasteiger charge is 2.15. The third kappa shape index (κ3) is 4.20. The van der Waals surface area contributed by atoms with E-state index in [1.165, 1.54) is 0 Å². The second-order valence-corrected chi connectivity index (χ2v) is 8.46. The van der Waals surface area contributed by atoms with Gasteiger partial charge in [-0.05, 0) is 48.5 Å². The first-order valence-corrected chi connectivity index (χ1v) is 11.6. The largest absolute Gasteiger partial charge is 0.426 e. The Kier molecular flexibility index (Phi) is 5.46. The van der Waals surface area contributed by atoms with Gasteiger partial charge in [0.2, 0.25) is 0 Å². The van der Waals surface area contributed by atoms with E-state index in [1.807, 2.05) is 72.8 Å². The second kappa shape index (κ2) is 9.07. The van der Waals surface area contributed by atoms with Gasteiger partial charge in [0.15, 0.2) is 0 Å². The molecule has 0 spiro atoms. The van der Waals surface area contributed by atoms with Crippen molar-refractivity contribution in [2.24, 2.45) is 0 Å². The van der Waals surface area contributed by atoms with Crippen molar-refractivity contribution < 1.29 is 19.1 Å². The van der Waals surface area contributed by atoms with Gasteiger partial charge < -0.3 is 9.47 Å². The van der Waals surface area contributed by atoms with Crippen molar-refractivity contribution in [1.82, 2.24) is 9.97 Å². The Balaban J connectivity index is 1.16. The summed E-state index contributed by atoms with van der Waals surface area (Å²) in [6.07, 6.45) is -0.218. The molecule has 6 aromatic rings. The average molecular weight is 473 g/mol. The molecule has 0 atom stereocenters. The van der Waals surface area contributed by atoms with E-state index >= 15 is 0 Å². The maximum Gasteiger partial charge on any atom is 0.311 e. The zero-order chi connectivity index (χ0) is 24.5. The molecule has 0 radical (unpaired) electrons. The van der Waals surface area contributed by atoms with Gasteiger partial charge in [0, 0.05) is 21.5 Å². The van der Waals surface area contributed by atoms with E-state index in [-0.39, 0.29) is 12.8 Å². The molecule has 0 bridgehead atoms. The number of fused-ring (bicyclic) bond motifs is 4. The van der Waals surface area contributed by atoms with Crippen molar-refractivity contribution in [2.75, 3.05) is 0 Å². The fourth-order valence-corrected chi connectivity index (χ4v) is 4.27. The van der Waals surface area contributed by atoms with Gasteiger partial charge in [0.1, 0.15) is 11.5 Å². The Morgan fingerprint density at radius 1 is 0.528 bits per heavy atom. The van der Waals surface area contributed by atoms with Gasteiger partial charge in [-0.3, -0.25) is 9.59 Å². The van der Waals surface area contributed by atoms with Crippen LogP contribution in [-0.4, -0.2) is 21.9 Å². The monoisotopic (exact) mass is 472 g/mol. The van der Waals surface area contributed by atoms with E-state index in [0.29, 0.717) is 11.5 Å². The molecule has 6 nitrogen and oxygen atoms in total. The van der Waals surface area contributed by atoms with E-state index in [2.05, 4.69) is 9.97 Å². The van der Waals surface area contributed by atoms with Crippen molar-refractivity contribution in [3.8, 4) is 11.5 Å². The van der Waals surface area contributed by atoms with Gasteiger partial charge in [-0.25, -0.2) is 9.97 Å². The van der Waals surface area contributed by atoms with Crippen molar-refractivity contribution >= 4 is 55.6 Å². The minimum absolute atomic E-state index is 0.109. The number of nitrogens with zero attached hydrogens (tertiary/aromatic N) is 2. The molecule has 0 saturated heterocycles. The number of carbonyl (C=O) groups excluding carboxylic acids is 2. The molecule has 2 heterocycles. The standard InChI is InChI=1S/C30H20N2O4/c33-29(35-27-13-5-11-25-21(27)17-19-7-1-3-9-23(19)31-25)15-16-30(34)36-28-14-6-12-26-22(28)18-20-8-2-4-10-24(20)32-26/h1-14,17-18H,15-16H2. The number of hydrogen-bond donors (Lipinski definition) is 0. The fraction of sp³-hybridized carbons (Fsp3) is 0.0667. The minimum atomic E-state index is -0.516. The summed E-state index contributed by atoms with van der Waals surface area (Å²) >= 11 is 0. The topological polar surface area (TPSA) is 78.4 Å². The van der Waals surface area contributed by atoms with Crippen LogP contribution < -0.4 is 9.47 Å². The molecule has 0 aliphatic carbocycles. The van der Waals surface area contributed by atoms with Crippen LogP contribution in [0.5, 0.6) is 11.5 Å². The molecule has 6 rings (SSSR count). The number of ether oxygens (including phenoxy) is 2. The molecule has 0 unspecified atom stereocenters. The summed E-state index contributed by atoms with van der Waals surface area (Å²) in [5.74, 6) is -0.205. The number of aromatic nitrogens is 2. The number of carbonyl (C=O) groups is 2. The Morgan fingerprint density at radius 2 is 0.944 bits per heavy atom. The van der Waals surface area contributed by atoms with Crippen LogP contribution in [0.3, 0.4) is 0 Å². The quantitative estimate of drug-likeness (QED) is 0.165. The van der Waals surface area contributed by atoms with Crippen LogP contribution in [0, 0.1) is 0 Å². The van der Waals surface area contributed by atoms with Gasteiger partial charge in [-0.1, -0.05) is 48.5 Å². The van der Waals surface area contributed by atoms with Gasteiger partial charge >= 0.3 is 11.9 Å². The fourth-order valence-electron chi connectivity index (χ4n) is 4.27. The number of hydrogen-bond acceptors (Lipinski definition) is 6. The van der Waals surface area contributed by atoms with Gasteiger partial charge in [-0.15, -0.1) is 0 Å². The van der Waals surface area contributed by atoms with E-state index in [9.17, 15) is 9.59 Å². The highest BCUT2D eigenvalue weighted by Crippen LogP contribution is 2.29. The lowest BCUT2D eigenvalue weighted by molar-refractivity contribution is -0.140. The maximum absolute atomic E-state index is 12.6. The summed E-state index contributed by atoms with van der Waals surface area (Å²) in [5, 5.41) is 3.38. The van der Waals surface area contributed by atoms with Gasteiger partial charge in [-0.2, -0.15) is 0 Å². The molecule has 2 aromatic heterocycles. The number of pyridine rings is 2. The third-order valence-electron chi connectivity index (χ3n) is 6.02. The van der Waals surface area contributed by atoms with Crippen LogP contribution in [0.25, 0.3) is 43.6 Å². The van der Waals surface area contributed by atoms with Crippen LogP contribution >= 0.6 is 0 Å². The van der Waals surface area contributed by atoms with E-state index in [1.54, 1.807) is 24.3 Å². The number of esters is 2. The average Bonchev–Trinajstić information content (AvgIpc) is 2.90. The predicted molar refractivity (Wildman–Crippen MR) is 139 cm³/mol. The number of para-hydroxylation sites is 2. The summed E-state index contributed by atoms with van der Waals surface area (Å²) < 4.78 is 11.2. The van der Waals surface area contributed by atoms with Crippen LogP contribution in [0.4, 0.5) is 0 Å². The molecule has 174 valence electrons. The zero-order valence-electron chi connectivity index (χ0n) is 19.2. The van der Waals surface area contributed by atoms with E-state index in [4.69, 9.17) is 9.47 Å². The summed E-state index contributed by atoms with van der Waals surface area (Å²) in [7, 11) is 0. The Labute approximate surface area is 206 Å². The van der Waals surface area contributed by atoms with Crippen LogP contribution in [0.2, 0.25) is 0 Å². The minimum Gasteiger partial charge on any atom is -0.426 e. The van der Waals surface area contributed by atoms with Crippen LogP contribution in [-0.2, 0) is 9.59 Å². The molecular formula is C30H20N2O4. The van der Waals surface area contributed by atoms with Crippen molar-refractivity contribution in [1.29, 1.82) is 0 Å². The Hall–Kier alpha value is -4.84. The molecule has 0 aliphatic rings. The first-order chi connectivity index (χ1) is 17.6. The molecule has 0 fully saturated rings. The summed E-state index contributed by atoms with van der Waals surface area (Å²) in [5.41, 5.74) is 3.20. The van der Waals surface area contributed by atoms with Crippen molar-refractivity contribution in [3.63, 3.8) is 0 Å². The summed E-state index contributed by atoms with van der Waals surface area (Å²) in [4.78, 5) is 34.4. The lowest BCUT2D eigenvalue weighted by Gasteiger charge is -2.10. The predicted octanol–water partition coefficient (Wildman–Crippen LogP) is 6.38. The SMILES string of the molecule is O=C(CCC(=O)Oc1cccc2nc3ccccc3cc12)Oc1cccc2nc3ccccc3cc12. The highest BCUT2D eigenvalue weighted by molar-refractivity contribution is 5.98. The lowest BCUT2D eigenvalue weighted by Crippen LogP contribution is -2.14. The molecule has 36 heavy (non-hydrogen) atoms. The van der Waals surface area contributed by atoms with Crippen LogP contribution in [0.1, 0.15) is 12.8 Å². The smallest absolute Gasteiger partial charge is 0.311 e. The van der Waals surface area contributed by atoms with E-state index < -0.39 is 11.9 Å². The summed E-state index contributed by atoms with van der Waals surface area (Å²) in [6.45, 7) is 0. The molecule has 4 aromatic carbocycles. The maximum atomic E-state index is 12.6. The van der Waals surface area contributed by atoms with Crippen LogP contribution in [0.15, 0.2) is 97.1 Å². The zero-order valence-corrected chi connectivity index (χ0v) is 19.2. The normalized spacial score (nSPS) is 11.2. The molecule has 0 amide bonds. The number of benzene rings is 4. The lowest BCUT2D eigenvalue weighted by atomic mass is 10.1. The van der Waals surface area contributed by atoms with Gasteiger partial charge in [0.05, 0.1) is 34.9 Å².